The normalized spacial score (nSPS) is 11.6. The van der Waals surface area contributed by atoms with Gasteiger partial charge in [-0.15, -0.1) is 0 Å². The van der Waals surface area contributed by atoms with E-state index in [0.717, 1.165) is 77.1 Å². The van der Waals surface area contributed by atoms with Gasteiger partial charge in [0.2, 0.25) is 5.95 Å². The summed E-state index contributed by atoms with van der Waals surface area (Å²) in [7, 11) is 0. The number of furan rings is 1. The Labute approximate surface area is 287 Å². The van der Waals surface area contributed by atoms with Crippen LogP contribution in [0.25, 0.3) is 94.7 Å². The lowest BCUT2D eigenvalue weighted by Gasteiger charge is -2.13. The molecule has 10 rings (SSSR count). The van der Waals surface area contributed by atoms with Crippen LogP contribution in [-0.2, 0) is 0 Å². The number of fused-ring (bicyclic) bond motifs is 6. The van der Waals surface area contributed by atoms with Crippen molar-refractivity contribution in [1.29, 1.82) is 0 Å². The highest BCUT2D eigenvalue weighted by atomic mass is 16.3. The maximum absolute atomic E-state index is 6.55. The Hall–Kier alpha value is -6.92. The highest BCUT2D eigenvalue weighted by Gasteiger charge is 2.22. The number of rotatable bonds is 5. The zero-order valence-electron chi connectivity index (χ0n) is 26.7. The molecule has 6 nitrogen and oxygen atoms in total. The molecular weight excluding hydrogens is 615 g/mol. The first-order chi connectivity index (χ1) is 24.8. The van der Waals surface area contributed by atoms with Gasteiger partial charge in [0.05, 0.1) is 11.0 Å². The fourth-order valence-corrected chi connectivity index (χ4v) is 7.06. The first-order valence-electron chi connectivity index (χ1n) is 16.6. The van der Waals surface area contributed by atoms with Crippen LogP contribution in [0.3, 0.4) is 0 Å². The van der Waals surface area contributed by atoms with Crippen LogP contribution >= 0.6 is 0 Å². The molecule has 0 N–H and O–H groups in total. The number of aromatic nitrogens is 5. The Morgan fingerprint density at radius 1 is 0.440 bits per heavy atom. The molecule has 0 amide bonds. The summed E-state index contributed by atoms with van der Waals surface area (Å²) in [6.07, 6.45) is 3.65. The van der Waals surface area contributed by atoms with E-state index in [1.165, 1.54) is 0 Å². The van der Waals surface area contributed by atoms with Gasteiger partial charge >= 0.3 is 0 Å². The smallest absolute Gasteiger partial charge is 0.238 e. The van der Waals surface area contributed by atoms with Gasteiger partial charge in [-0.3, -0.25) is 9.55 Å². The Bertz CT molecular complexity index is 2860. The quantitative estimate of drug-likeness (QED) is 0.187. The fraction of sp³-hybridized carbons (Fsp3) is 0. The van der Waals surface area contributed by atoms with Crippen molar-refractivity contribution in [2.24, 2.45) is 0 Å². The molecule has 0 saturated carbocycles. The molecule has 0 aliphatic rings. The average Bonchev–Trinajstić information content (AvgIpc) is 3.75. The summed E-state index contributed by atoms with van der Waals surface area (Å²) in [5, 5.41) is 4.41. The summed E-state index contributed by atoms with van der Waals surface area (Å²) in [5.74, 6) is 1.74. The van der Waals surface area contributed by atoms with Gasteiger partial charge in [-0.1, -0.05) is 133 Å². The topological polar surface area (TPSA) is 69.6 Å². The first kappa shape index (κ1) is 28.1. The van der Waals surface area contributed by atoms with E-state index in [1.54, 1.807) is 6.20 Å². The molecule has 6 aromatic carbocycles. The van der Waals surface area contributed by atoms with E-state index in [2.05, 4.69) is 113 Å². The number of hydrogen-bond donors (Lipinski definition) is 0. The third-order valence-electron chi connectivity index (χ3n) is 9.38. The summed E-state index contributed by atoms with van der Waals surface area (Å²) in [6, 6.07) is 51.9. The molecule has 0 bridgehead atoms. The highest BCUT2D eigenvalue weighted by molar-refractivity contribution is 6.17. The van der Waals surface area contributed by atoms with E-state index in [1.807, 2.05) is 54.7 Å². The zero-order chi connectivity index (χ0) is 33.0. The van der Waals surface area contributed by atoms with Crippen molar-refractivity contribution >= 4 is 43.7 Å². The van der Waals surface area contributed by atoms with Crippen LogP contribution in [0.1, 0.15) is 0 Å². The van der Waals surface area contributed by atoms with E-state index in [4.69, 9.17) is 19.4 Å². The molecule has 0 radical (unpaired) electrons. The van der Waals surface area contributed by atoms with Gasteiger partial charge in [0.25, 0.3) is 0 Å². The molecule has 0 spiro atoms. The molecule has 0 aliphatic heterocycles. The van der Waals surface area contributed by atoms with Gasteiger partial charge in [-0.05, 0) is 29.3 Å². The van der Waals surface area contributed by atoms with Crippen molar-refractivity contribution in [3.05, 3.63) is 164 Å². The Morgan fingerprint density at radius 2 is 1.08 bits per heavy atom. The number of pyridine rings is 1. The Kier molecular flexibility index (Phi) is 6.39. The molecule has 6 heteroatoms. The maximum atomic E-state index is 6.55. The minimum Gasteiger partial charge on any atom is -0.455 e. The van der Waals surface area contributed by atoms with Crippen molar-refractivity contribution in [3.8, 4) is 51.0 Å². The van der Waals surface area contributed by atoms with Crippen LogP contribution in [-0.4, -0.2) is 24.5 Å². The van der Waals surface area contributed by atoms with Crippen molar-refractivity contribution in [3.63, 3.8) is 0 Å². The molecule has 0 aliphatic carbocycles. The minimum atomic E-state index is 0.542. The third kappa shape index (κ3) is 4.50. The van der Waals surface area contributed by atoms with Gasteiger partial charge in [0, 0.05) is 56.2 Å². The SMILES string of the molecule is c1ccc(-c2nc(-c3ccc(-c4cccnc4)cc3)nc(-n3c4ccccc4c4cccc(-c5cccc6c5oc5ccccc56)c43)n2)cc1. The van der Waals surface area contributed by atoms with Gasteiger partial charge in [-0.2, -0.15) is 9.97 Å². The van der Waals surface area contributed by atoms with Crippen LogP contribution in [0.2, 0.25) is 0 Å². The summed E-state index contributed by atoms with van der Waals surface area (Å²) < 4.78 is 8.73. The van der Waals surface area contributed by atoms with Gasteiger partial charge in [-0.25, -0.2) is 4.98 Å². The highest BCUT2D eigenvalue weighted by Crippen LogP contribution is 2.42. The van der Waals surface area contributed by atoms with Crippen LogP contribution in [0.4, 0.5) is 0 Å². The van der Waals surface area contributed by atoms with Gasteiger partial charge in [0.1, 0.15) is 11.2 Å². The third-order valence-corrected chi connectivity index (χ3v) is 9.38. The lowest BCUT2D eigenvalue weighted by atomic mass is 9.99. The lowest BCUT2D eigenvalue weighted by Crippen LogP contribution is -2.07. The summed E-state index contributed by atoms with van der Waals surface area (Å²) >= 11 is 0. The second-order valence-electron chi connectivity index (χ2n) is 12.3. The lowest BCUT2D eigenvalue weighted by molar-refractivity contribution is 0.670. The number of benzene rings is 6. The monoisotopic (exact) mass is 641 g/mol. The van der Waals surface area contributed by atoms with Crippen LogP contribution in [0, 0.1) is 0 Å². The fourth-order valence-electron chi connectivity index (χ4n) is 7.06. The molecule has 234 valence electrons. The Morgan fingerprint density at radius 3 is 1.88 bits per heavy atom. The average molecular weight is 642 g/mol. The minimum absolute atomic E-state index is 0.542. The van der Waals surface area contributed by atoms with Crippen molar-refractivity contribution in [2.75, 3.05) is 0 Å². The largest absolute Gasteiger partial charge is 0.455 e. The summed E-state index contributed by atoms with van der Waals surface area (Å²) in [4.78, 5) is 19.7. The summed E-state index contributed by atoms with van der Waals surface area (Å²) in [5.41, 5.74) is 9.72. The van der Waals surface area contributed by atoms with E-state index < -0.39 is 0 Å². The molecule has 50 heavy (non-hydrogen) atoms. The molecule has 4 heterocycles. The van der Waals surface area contributed by atoms with E-state index in [9.17, 15) is 0 Å². The van der Waals surface area contributed by atoms with E-state index in [0.29, 0.717) is 17.6 Å². The van der Waals surface area contributed by atoms with Gasteiger partial charge in [0.15, 0.2) is 11.6 Å². The second kappa shape index (κ2) is 11.4. The van der Waals surface area contributed by atoms with Gasteiger partial charge < -0.3 is 4.42 Å². The standard InChI is InChI=1S/C44H27N5O/c1-2-11-29(12-3-1)42-46-43(30-24-22-28(23-25-30)31-13-10-26-45-27-31)48-44(47-42)49-38-20-6-4-14-32(38)34-16-8-17-35(40(34)49)37-19-9-18-36-33-15-5-7-21-39(33)50-41(36)37/h1-27H. The van der Waals surface area contributed by atoms with Crippen molar-refractivity contribution < 1.29 is 4.42 Å². The molecule has 10 aromatic rings. The molecule has 0 saturated heterocycles. The Balaban J connectivity index is 1.25. The zero-order valence-corrected chi connectivity index (χ0v) is 26.7. The molecule has 0 fully saturated rings. The molecular formula is C44H27N5O. The van der Waals surface area contributed by atoms with Crippen LogP contribution < -0.4 is 0 Å². The van der Waals surface area contributed by atoms with E-state index in [-0.39, 0.29) is 0 Å². The number of hydrogen-bond acceptors (Lipinski definition) is 5. The first-order valence-corrected chi connectivity index (χ1v) is 16.6. The molecule has 0 atom stereocenters. The van der Waals surface area contributed by atoms with Crippen LogP contribution in [0.15, 0.2) is 168 Å². The maximum Gasteiger partial charge on any atom is 0.238 e. The van der Waals surface area contributed by atoms with Crippen LogP contribution in [0.5, 0.6) is 0 Å². The van der Waals surface area contributed by atoms with E-state index >= 15 is 0 Å². The molecule has 0 unspecified atom stereocenters. The predicted octanol–water partition coefficient (Wildman–Crippen LogP) is 10.9. The summed E-state index contributed by atoms with van der Waals surface area (Å²) in [6.45, 7) is 0. The van der Waals surface area contributed by atoms with Crippen molar-refractivity contribution in [1.82, 2.24) is 24.5 Å². The van der Waals surface area contributed by atoms with Crippen molar-refractivity contribution in [2.45, 2.75) is 0 Å². The molecule has 4 aromatic heterocycles. The number of nitrogens with zero attached hydrogens (tertiary/aromatic N) is 5. The predicted molar refractivity (Wildman–Crippen MR) is 201 cm³/mol. The second-order valence-corrected chi connectivity index (χ2v) is 12.3. The number of para-hydroxylation sites is 4.